The fourth-order valence-corrected chi connectivity index (χ4v) is 4.07. The summed E-state index contributed by atoms with van der Waals surface area (Å²) >= 11 is 0. The van der Waals surface area contributed by atoms with Gasteiger partial charge in [-0.2, -0.15) is 0 Å². The van der Waals surface area contributed by atoms with Crippen molar-refractivity contribution in [1.29, 1.82) is 0 Å². The minimum Gasteiger partial charge on any atom is -0.481 e. The number of rotatable bonds is 7. The molecule has 0 aliphatic rings. The standard InChI is InChI=1S/C21H21NO5S/c1-3-16(19(21(23)24)20-22-12-13-27-20)18-7-5-4-6-17(18)14-8-10-15(11-9-14)28(2,25)26/h4-13,16,19H,3H2,1-2H3,(H,23,24). The van der Waals surface area contributed by atoms with Crippen molar-refractivity contribution in [3.63, 3.8) is 0 Å². The highest BCUT2D eigenvalue weighted by molar-refractivity contribution is 7.90. The Morgan fingerprint density at radius 3 is 2.36 bits per heavy atom. The molecule has 0 amide bonds. The predicted molar refractivity (Wildman–Crippen MR) is 105 cm³/mol. The van der Waals surface area contributed by atoms with E-state index in [2.05, 4.69) is 4.98 Å². The quantitative estimate of drug-likeness (QED) is 0.642. The van der Waals surface area contributed by atoms with Crippen LogP contribution in [0.15, 0.2) is 70.3 Å². The molecule has 2 aromatic carbocycles. The maximum Gasteiger partial charge on any atom is 0.316 e. The second-order valence-electron chi connectivity index (χ2n) is 6.58. The fraction of sp³-hybridized carbons (Fsp3) is 0.238. The average Bonchev–Trinajstić information content (AvgIpc) is 3.19. The molecule has 0 fully saturated rings. The lowest BCUT2D eigenvalue weighted by molar-refractivity contribution is -0.140. The van der Waals surface area contributed by atoms with E-state index in [1.165, 1.54) is 12.5 Å². The van der Waals surface area contributed by atoms with Crippen LogP contribution in [0.1, 0.15) is 36.6 Å². The molecule has 2 atom stereocenters. The zero-order valence-electron chi connectivity index (χ0n) is 15.6. The Bertz CT molecular complexity index is 1060. The van der Waals surface area contributed by atoms with Crippen LogP contribution in [-0.4, -0.2) is 30.7 Å². The Kier molecular flexibility index (Phi) is 5.65. The molecule has 2 unspecified atom stereocenters. The minimum atomic E-state index is -3.29. The molecule has 28 heavy (non-hydrogen) atoms. The molecule has 0 saturated carbocycles. The molecular weight excluding hydrogens is 378 g/mol. The summed E-state index contributed by atoms with van der Waals surface area (Å²) in [5.74, 6) is -2.11. The van der Waals surface area contributed by atoms with E-state index in [0.29, 0.717) is 6.42 Å². The molecule has 0 bridgehead atoms. The van der Waals surface area contributed by atoms with Crippen LogP contribution in [0.3, 0.4) is 0 Å². The lowest BCUT2D eigenvalue weighted by Gasteiger charge is -2.23. The van der Waals surface area contributed by atoms with Crippen LogP contribution in [0, 0.1) is 0 Å². The van der Waals surface area contributed by atoms with Crippen molar-refractivity contribution < 1.29 is 22.7 Å². The highest BCUT2D eigenvalue weighted by Gasteiger charge is 2.34. The van der Waals surface area contributed by atoms with Crippen LogP contribution >= 0.6 is 0 Å². The number of hydrogen-bond donors (Lipinski definition) is 1. The van der Waals surface area contributed by atoms with Gasteiger partial charge in [0.2, 0.25) is 5.89 Å². The smallest absolute Gasteiger partial charge is 0.316 e. The van der Waals surface area contributed by atoms with Gasteiger partial charge in [0.25, 0.3) is 0 Å². The number of aromatic nitrogens is 1. The molecule has 0 saturated heterocycles. The second-order valence-corrected chi connectivity index (χ2v) is 8.60. The van der Waals surface area contributed by atoms with Gasteiger partial charge in [0.15, 0.2) is 9.84 Å². The summed E-state index contributed by atoms with van der Waals surface area (Å²) in [5.41, 5.74) is 2.52. The van der Waals surface area contributed by atoms with Crippen molar-refractivity contribution in [2.75, 3.05) is 6.26 Å². The number of aliphatic carboxylic acids is 1. The zero-order valence-corrected chi connectivity index (χ0v) is 16.4. The van der Waals surface area contributed by atoms with Gasteiger partial charge in [-0.25, -0.2) is 13.4 Å². The third-order valence-corrected chi connectivity index (χ3v) is 5.91. The Hall–Kier alpha value is -2.93. The molecule has 7 heteroatoms. The molecule has 1 N–H and O–H groups in total. The van der Waals surface area contributed by atoms with Gasteiger partial charge in [-0.05, 0) is 35.2 Å². The molecule has 1 aromatic heterocycles. The van der Waals surface area contributed by atoms with E-state index < -0.39 is 21.7 Å². The van der Waals surface area contributed by atoms with Gasteiger partial charge in [-0.3, -0.25) is 4.79 Å². The van der Waals surface area contributed by atoms with E-state index in [9.17, 15) is 18.3 Å². The summed E-state index contributed by atoms with van der Waals surface area (Å²) < 4.78 is 28.7. The number of carbonyl (C=O) groups is 1. The maximum absolute atomic E-state index is 12.0. The number of carboxylic acids is 1. The minimum absolute atomic E-state index is 0.168. The molecular formula is C21H21NO5S. The molecule has 0 aliphatic heterocycles. The summed E-state index contributed by atoms with van der Waals surface area (Å²) in [6, 6.07) is 14.1. The highest BCUT2D eigenvalue weighted by atomic mass is 32.2. The van der Waals surface area contributed by atoms with E-state index in [4.69, 9.17) is 4.42 Å². The largest absolute Gasteiger partial charge is 0.481 e. The highest BCUT2D eigenvalue weighted by Crippen LogP contribution is 2.40. The number of carboxylic acid groups (broad SMARTS) is 1. The number of nitrogens with zero attached hydrogens (tertiary/aromatic N) is 1. The van der Waals surface area contributed by atoms with E-state index in [-0.39, 0.29) is 16.7 Å². The topological polar surface area (TPSA) is 97.5 Å². The fourth-order valence-electron chi connectivity index (χ4n) is 3.44. The zero-order chi connectivity index (χ0) is 20.3. The summed E-state index contributed by atoms with van der Waals surface area (Å²) in [6.07, 6.45) is 4.54. The van der Waals surface area contributed by atoms with Crippen LogP contribution < -0.4 is 0 Å². The first-order valence-electron chi connectivity index (χ1n) is 8.84. The molecule has 0 spiro atoms. The van der Waals surface area contributed by atoms with Crippen molar-refractivity contribution in [1.82, 2.24) is 4.98 Å². The Labute approximate surface area is 163 Å². The average molecular weight is 399 g/mol. The number of benzene rings is 2. The van der Waals surface area contributed by atoms with Crippen LogP contribution in [0.4, 0.5) is 0 Å². The third kappa shape index (κ3) is 3.99. The maximum atomic E-state index is 12.0. The van der Waals surface area contributed by atoms with E-state index >= 15 is 0 Å². The van der Waals surface area contributed by atoms with Crippen molar-refractivity contribution in [2.45, 2.75) is 30.1 Å². The monoisotopic (exact) mass is 399 g/mol. The van der Waals surface area contributed by atoms with E-state index in [1.54, 1.807) is 24.3 Å². The van der Waals surface area contributed by atoms with Crippen LogP contribution in [0.2, 0.25) is 0 Å². The van der Waals surface area contributed by atoms with Crippen LogP contribution in [0.25, 0.3) is 11.1 Å². The summed E-state index contributed by atoms with van der Waals surface area (Å²) in [6.45, 7) is 1.92. The second kappa shape index (κ2) is 7.98. The molecule has 3 rings (SSSR count). The van der Waals surface area contributed by atoms with Crippen molar-refractivity contribution in [3.8, 4) is 11.1 Å². The Balaban J connectivity index is 2.09. The number of hydrogen-bond acceptors (Lipinski definition) is 5. The summed E-state index contributed by atoms with van der Waals surface area (Å²) in [7, 11) is -3.29. The first kappa shape index (κ1) is 19.8. The van der Waals surface area contributed by atoms with Gasteiger partial charge in [-0.15, -0.1) is 0 Å². The number of oxazole rings is 1. The third-order valence-electron chi connectivity index (χ3n) is 4.78. The summed E-state index contributed by atoms with van der Waals surface area (Å²) in [5, 5.41) is 9.83. The Morgan fingerprint density at radius 2 is 1.82 bits per heavy atom. The van der Waals surface area contributed by atoms with Gasteiger partial charge < -0.3 is 9.52 Å². The molecule has 146 valence electrons. The van der Waals surface area contributed by atoms with Crippen molar-refractivity contribution in [3.05, 3.63) is 72.4 Å². The first-order chi connectivity index (χ1) is 13.3. The SMILES string of the molecule is CCC(c1ccccc1-c1ccc(S(C)(=O)=O)cc1)C(C(=O)O)c1ncco1. The van der Waals surface area contributed by atoms with Gasteiger partial charge in [-0.1, -0.05) is 43.3 Å². The molecule has 1 heterocycles. The van der Waals surface area contributed by atoms with Crippen LogP contribution in [0.5, 0.6) is 0 Å². The summed E-state index contributed by atoms with van der Waals surface area (Å²) in [4.78, 5) is 16.3. The van der Waals surface area contributed by atoms with Gasteiger partial charge >= 0.3 is 5.97 Å². The lowest BCUT2D eigenvalue weighted by Crippen LogP contribution is -2.20. The lowest BCUT2D eigenvalue weighted by atomic mass is 9.80. The van der Waals surface area contributed by atoms with Crippen LogP contribution in [-0.2, 0) is 14.6 Å². The van der Waals surface area contributed by atoms with E-state index in [0.717, 1.165) is 22.9 Å². The van der Waals surface area contributed by atoms with Gasteiger partial charge in [0.05, 0.1) is 11.1 Å². The normalized spacial score (nSPS) is 13.8. The molecule has 0 aliphatic carbocycles. The van der Waals surface area contributed by atoms with Crippen molar-refractivity contribution >= 4 is 15.8 Å². The van der Waals surface area contributed by atoms with Gasteiger partial charge in [0, 0.05) is 12.2 Å². The predicted octanol–water partition coefficient (Wildman–Crippen LogP) is 4.11. The first-order valence-corrected chi connectivity index (χ1v) is 10.7. The molecule has 0 radical (unpaired) electrons. The number of sulfone groups is 1. The van der Waals surface area contributed by atoms with Crippen molar-refractivity contribution in [2.24, 2.45) is 0 Å². The molecule has 3 aromatic rings. The molecule has 6 nitrogen and oxygen atoms in total. The van der Waals surface area contributed by atoms with E-state index in [1.807, 2.05) is 31.2 Å². The Morgan fingerprint density at radius 1 is 1.14 bits per heavy atom. The van der Waals surface area contributed by atoms with Gasteiger partial charge in [0.1, 0.15) is 12.2 Å².